The molecule has 0 spiro atoms. The quantitative estimate of drug-likeness (QED) is 0.860. The molecule has 0 bridgehead atoms. The Morgan fingerprint density at radius 1 is 1.44 bits per heavy atom. The highest BCUT2D eigenvalue weighted by molar-refractivity contribution is 9.10. The van der Waals surface area contributed by atoms with Crippen LogP contribution in [0.4, 0.5) is 0 Å². The molecule has 0 amide bonds. The molecule has 0 radical (unpaired) electrons. The van der Waals surface area contributed by atoms with Gasteiger partial charge in [-0.15, -0.1) is 0 Å². The highest BCUT2D eigenvalue weighted by Crippen LogP contribution is 2.27. The molecule has 1 fully saturated rings. The average molecular weight is 334 g/mol. The van der Waals surface area contributed by atoms with Crippen molar-refractivity contribution in [2.45, 2.75) is 44.3 Å². The Morgan fingerprint density at radius 2 is 2.28 bits per heavy atom. The Morgan fingerprint density at radius 3 is 2.94 bits per heavy atom. The molecule has 2 nitrogen and oxygen atoms in total. The summed E-state index contributed by atoms with van der Waals surface area (Å²) in [6.07, 6.45) is 5.08. The summed E-state index contributed by atoms with van der Waals surface area (Å²) in [5, 5.41) is 10.8. The lowest BCUT2D eigenvalue weighted by Crippen LogP contribution is -2.06. The molecule has 100 valence electrons. The molecular weight excluding hydrogens is 316 g/mol. The Labute approximate surface area is 121 Å². The van der Waals surface area contributed by atoms with E-state index in [9.17, 15) is 5.11 Å². The van der Waals surface area contributed by atoms with Crippen LogP contribution in [0.1, 0.15) is 43.8 Å². The number of hydrogen-bond acceptors (Lipinski definition) is 2. The van der Waals surface area contributed by atoms with E-state index in [1.54, 1.807) is 0 Å². The van der Waals surface area contributed by atoms with E-state index in [2.05, 4.69) is 15.9 Å². The third-order valence-corrected chi connectivity index (χ3v) is 3.97. The summed E-state index contributed by atoms with van der Waals surface area (Å²) in [7, 11) is 0. The van der Waals surface area contributed by atoms with Gasteiger partial charge in [-0.1, -0.05) is 27.5 Å². The molecule has 1 aromatic rings. The summed E-state index contributed by atoms with van der Waals surface area (Å²) < 4.78 is 6.47. The van der Waals surface area contributed by atoms with Gasteiger partial charge in [0.15, 0.2) is 0 Å². The third-order valence-electron chi connectivity index (χ3n) is 3.30. The largest absolute Gasteiger partial charge is 0.388 e. The van der Waals surface area contributed by atoms with Crippen LogP contribution in [0, 0.1) is 0 Å². The predicted molar refractivity (Wildman–Crippen MR) is 76.9 cm³/mol. The summed E-state index contributed by atoms with van der Waals surface area (Å²) in [5.74, 6) is 0. The molecule has 0 aromatic heterocycles. The minimum atomic E-state index is -0.443. The molecule has 1 aliphatic rings. The topological polar surface area (TPSA) is 29.5 Å². The molecule has 1 N–H and O–H groups in total. The first-order chi connectivity index (χ1) is 8.65. The van der Waals surface area contributed by atoms with Crippen LogP contribution in [0.2, 0.25) is 5.02 Å². The monoisotopic (exact) mass is 332 g/mol. The molecule has 2 atom stereocenters. The van der Waals surface area contributed by atoms with Crippen LogP contribution in [0.5, 0.6) is 0 Å². The van der Waals surface area contributed by atoms with Gasteiger partial charge in [-0.25, -0.2) is 0 Å². The number of halogens is 2. The first-order valence-corrected chi connectivity index (χ1v) is 7.58. The van der Waals surface area contributed by atoms with E-state index in [4.69, 9.17) is 16.3 Å². The van der Waals surface area contributed by atoms with Crippen molar-refractivity contribution in [1.29, 1.82) is 0 Å². The van der Waals surface area contributed by atoms with Crippen LogP contribution >= 0.6 is 27.5 Å². The lowest BCUT2D eigenvalue weighted by molar-refractivity contribution is 0.0944. The van der Waals surface area contributed by atoms with Crippen LogP contribution in [0.25, 0.3) is 0 Å². The molecule has 1 aliphatic heterocycles. The second-order valence-electron chi connectivity index (χ2n) is 4.78. The Hall–Kier alpha value is -0.0900. The number of aliphatic hydroxyl groups is 1. The second kappa shape index (κ2) is 6.90. The van der Waals surface area contributed by atoms with Crippen LogP contribution in [0.3, 0.4) is 0 Å². The van der Waals surface area contributed by atoms with Crippen molar-refractivity contribution in [3.63, 3.8) is 0 Å². The predicted octanol–water partition coefficient (Wildman–Crippen LogP) is 4.49. The standard InChI is InChI=1S/C14H18BrClO2/c15-11-7-10(8-12(16)9-11)14(17)5-1-3-13-4-2-6-18-13/h7-9,13-14,17H,1-6H2. The fourth-order valence-electron chi connectivity index (χ4n) is 2.35. The molecule has 0 saturated carbocycles. The van der Waals surface area contributed by atoms with E-state index in [1.807, 2.05) is 18.2 Å². The van der Waals surface area contributed by atoms with Crippen molar-refractivity contribution in [3.05, 3.63) is 33.3 Å². The summed E-state index contributed by atoms with van der Waals surface area (Å²) in [6.45, 7) is 0.897. The number of rotatable bonds is 5. The van der Waals surface area contributed by atoms with Crippen LogP contribution in [-0.2, 0) is 4.74 Å². The normalized spacial score (nSPS) is 21.2. The number of aliphatic hydroxyl groups excluding tert-OH is 1. The van der Waals surface area contributed by atoms with Crippen molar-refractivity contribution in [2.75, 3.05) is 6.61 Å². The van der Waals surface area contributed by atoms with E-state index < -0.39 is 6.10 Å². The lowest BCUT2D eigenvalue weighted by Gasteiger charge is -2.14. The molecule has 1 saturated heterocycles. The zero-order valence-corrected chi connectivity index (χ0v) is 12.6. The highest BCUT2D eigenvalue weighted by Gasteiger charge is 2.16. The fraction of sp³-hybridized carbons (Fsp3) is 0.571. The van der Waals surface area contributed by atoms with E-state index >= 15 is 0 Å². The fourth-order valence-corrected chi connectivity index (χ4v) is 3.23. The maximum Gasteiger partial charge on any atom is 0.0791 e. The maximum absolute atomic E-state index is 10.1. The van der Waals surface area contributed by atoms with E-state index in [1.165, 1.54) is 12.8 Å². The number of hydrogen-bond donors (Lipinski definition) is 1. The van der Waals surface area contributed by atoms with Crippen LogP contribution in [-0.4, -0.2) is 17.8 Å². The molecular formula is C14H18BrClO2. The van der Waals surface area contributed by atoms with Gasteiger partial charge in [-0.2, -0.15) is 0 Å². The summed E-state index contributed by atoms with van der Waals surface area (Å²) >= 11 is 9.36. The highest BCUT2D eigenvalue weighted by atomic mass is 79.9. The molecule has 0 aliphatic carbocycles. The zero-order valence-electron chi connectivity index (χ0n) is 10.2. The third kappa shape index (κ3) is 4.23. The van der Waals surface area contributed by atoms with Crippen molar-refractivity contribution in [1.82, 2.24) is 0 Å². The van der Waals surface area contributed by atoms with Crippen LogP contribution < -0.4 is 0 Å². The van der Waals surface area contributed by atoms with Crippen LogP contribution in [0.15, 0.2) is 22.7 Å². The smallest absolute Gasteiger partial charge is 0.0791 e. The molecule has 18 heavy (non-hydrogen) atoms. The van der Waals surface area contributed by atoms with E-state index in [-0.39, 0.29) is 0 Å². The lowest BCUT2D eigenvalue weighted by atomic mass is 10.0. The Kier molecular flexibility index (Phi) is 5.49. The summed E-state index contributed by atoms with van der Waals surface area (Å²) in [6, 6.07) is 5.57. The molecule has 2 rings (SSSR count). The molecule has 2 unspecified atom stereocenters. The van der Waals surface area contributed by atoms with Gasteiger partial charge in [0.1, 0.15) is 0 Å². The van der Waals surface area contributed by atoms with Gasteiger partial charge in [-0.05, 0) is 55.9 Å². The van der Waals surface area contributed by atoms with Gasteiger partial charge in [0.05, 0.1) is 12.2 Å². The van der Waals surface area contributed by atoms with Crippen molar-refractivity contribution >= 4 is 27.5 Å². The molecule has 4 heteroatoms. The van der Waals surface area contributed by atoms with Crippen molar-refractivity contribution in [2.24, 2.45) is 0 Å². The maximum atomic E-state index is 10.1. The summed E-state index contributed by atoms with van der Waals surface area (Å²) in [5.41, 5.74) is 0.877. The van der Waals surface area contributed by atoms with E-state index in [0.29, 0.717) is 11.1 Å². The van der Waals surface area contributed by atoms with Gasteiger partial charge in [-0.3, -0.25) is 0 Å². The molecule has 1 heterocycles. The minimum absolute atomic E-state index is 0.406. The summed E-state index contributed by atoms with van der Waals surface area (Å²) in [4.78, 5) is 0. The van der Waals surface area contributed by atoms with Gasteiger partial charge < -0.3 is 9.84 Å². The van der Waals surface area contributed by atoms with Gasteiger partial charge >= 0.3 is 0 Å². The first-order valence-electron chi connectivity index (χ1n) is 6.41. The van der Waals surface area contributed by atoms with Gasteiger partial charge in [0, 0.05) is 16.1 Å². The SMILES string of the molecule is OC(CCCC1CCCO1)c1cc(Cl)cc(Br)c1. The Balaban J connectivity index is 1.81. The average Bonchev–Trinajstić information content (AvgIpc) is 2.80. The van der Waals surface area contributed by atoms with Gasteiger partial charge in [0.2, 0.25) is 0 Å². The molecule has 1 aromatic carbocycles. The Bertz CT molecular complexity index is 371. The minimum Gasteiger partial charge on any atom is -0.388 e. The van der Waals surface area contributed by atoms with Gasteiger partial charge in [0.25, 0.3) is 0 Å². The first kappa shape index (κ1) is 14.3. The van der Waals surface area contributed by atoms with Crippen molar-refractivity contribution in [3.8, 4) is 0 Å². The number of ether oxygens (including phenoxy) is 1. The zero-order chi connectivity index (χ0) is 13.0. The number of benzene rings is 1. The second-order valence-corrected chi connectivity index (χ2v) is 6.14. The van der Waals surface area contributed by atoms with E-state index in [0.717, 1.165) is 35.9 Å². The van der Waals surface area contributed by atoms with Crippen molar-refractivity contribution < 1.29 is 9.84 Å².